The molecule has 3 aromatic rings. The molecule has 1 nitrogen and oxygen atoms in total. The van der Waals surface area contributed by atoms with Gasteiger partial charge in [-0.15, -0.1) is 47.5 Å². The van der Waals surface area contributed by atoms with Crippen LogP contribution in [0.1, 0.15) is 6.42 Å². The molecule has 0 atom stereocenters. The normalized spacial score (nSPS) is 11.3. The number of benzene rings is 1. The summed E-state index contributed by atoms with van der Waals surface area (Å²) in [6.45, 7) is 0. The predicted octanol–water partition coefficient (Wildman–Crippen LogP) is -0.759. The van der Waals surface area contributed by atoms with Crippen molar-refractivity contribution in [1.29, 1.82) is 0 Å². The number of hydrogen-bond donors (Lipinski definition) is 0. The van der Waals surface area contributed by atoms with Gasteiger partial charge >= 0.3 is 25.8 Å². The predicted molar refractivity (Wildman–Crippen MR) is 83.0 cm³/mol. The Morgan fingerprint density at radius 3 is 2.55 bits per heavy atom. The van der Waals surface area contributed by atoms with E-state index in [1.807, 2.05) is 12.2 Å². The van der Waals surface area contributed by atoms with Crippen LogP contribution in [-0.2, 0) is 25.8 Å². The fourth-order valence-corrected chi connectivity index (χ4v) is 2.69. The zero-order valence-corrected chi connectivity index (χ0v) is 17.8. The first-order valence-electron chi connectivity index (χ1n) is 6.29. The summed E-state index contributed by atoms with van der Waals surface area (Å²) in [5.41, 5.74) is 1.26. The first-order chi connectivity index (χ1) is 9.43. The van der Waals surface area contributed by atoms with Gasteiger partial charge in [-0.25, -0.2) is 12.2 Å². The van der Waals surface area contributed by atoms with Gasteiger partial charge in [-0.05, 0) is 11.5 Å². The summed E-state index contributed by atoms with van der Waals surface area (Å²) in [6.07, 6.45) is 12.1. The minimum absolute atomic E-state index is 0. The SMILES string of the molecule is [C-]1=CC=CC1.[Cl-].[Cl-].[Hf+4].c1ccc2[cH-]c(-n3ccpc3)cc2c1. The van der Waals surface area contributed by atoms with Crippen LogP contribution in [0.5, 0.6) is 0 Å². The van der Waals surface area contributed by atoms with Crippen LogP contribution in [0.4, 0.5) is 0 Å². The van der Waals surface area contributed by atoms with E-state index in [2.05, 4.69) is 71.0 Å². The van der Waals surface area contributed by atoms with Gasteiger partial charge < -0.3 is 29.4 Å². The number of nitrogens with zero attached hydrogens (tertiary/aromatic N) is 1. The molecule has 1 aliphatic carbocycles. The zero-order valence-electron chi connectivity index (χ0n) is 11.8. The van der Waals surface area contributed by atoms with Gasteiger partial charge in [0.2, 0.25) is 0 Å². The molecule has 0 aliphatic heterocycles. The molecule has 0 bridgehead atoms. The fourth-order valence-electron chi connectivity index (χ4n) is 2.04. The van der Waals surface area contributed by atoms with E-state index in [9.17, 15) is 0 Å². The number of fused-ring (bicyclic) bond motifs is 1. The second-order valence-corrected chi connectivity index (χ2v) is 5.14. The van der Waals surface area contributed by atoms with Crippen molar-refractivity contribution in [3.8, 4) is 5.69 Å². The molecular weight excluding hydrogens is 499 g/mol. The van der Waals surface area contributed by atoms with Gasteiger partial charge in [0.15, 0.2) is 0 Å². The first kappa shape index (κ1) is 21.5. The van der Waals surface area contributed by atoms with E-state index in [1.165, 1.54) is 24.7 Å². The summed E-state index contributed by atoms with van der Waals surface area (Å²) in [6, 6.07) is 12.9. The van der Waals surface area contributed by atoms with Crippen LogP contribution >= 0.6 is 8.19 Å². The summed E-state index contributed by atoms with van der Waals surface area (Å²) in [5, 5.41) is 2.63. The molecule has 0 radical (unpaired) electrons. The Morgan fingerprint density at radius 2 is 2.00 bits per heavy atom. The monoisotopic (exact) mass is 513 g/mol. The minimum Gasteiger partial charge on any atom is -1.00 e. The average molecular weight is 513 g/mol. The van der Waals surface area contributed by atoms with Gasteiger partial charge in [-0.2, -0.15) is 6.08 Å². The Bertz CT molecular complexity index is 674. The third kappa shape index (κ3) is 5.59. The molecule has 0 unspecified atom stereocenters. The van der Waals surface area contributed by atoms with Crippen molar-refractivity contribution in [2.75, 3.05) is 0 Å². The van der Waals surface area contributed by atoms with Gasteiger partial charge in [-0.1, -0.05) is 14.3 Å². The van der Waals surface area contributed by atoms with Crippen molar-refractivity contribution in [3.05, 3.63) is 78.6 Å². The van der Waals surface area contributed by atoms with Crippen LogP contribution in [0.15, 0.2) is 72.5 Å². The summed E-state index contributed by atoms with van der Waals surface area (Å²) in [5.74, 6) is 4.30. The van der Waals surface area contributed by atoms with Crippen LogP contribution in [0.25, 0.3) is 16.5 Å². The fraction of sp³-hybridized carbons (Fsp3) is 0.0588. The first-order valence-corrected chi connectivity index (χ1v) is 7.32. The summed E-state index contributed by atoms with van der Waals surface area (Å²) < 4.78 is 2.17. The molecule has 2 aromatic carbocycles. The van der Waals surface area contributed by atoms with Gasteiger partial charge in [0.25, 0.3) is 0 Å². The smallest absolute Gasteiger partial charge is 1.00 e. The maximum Gasteiger partial charge on any atom is 4.00 e. The molecule has 1 aromatic heterocycles. The Labute approximate surface area is 164 Å². The second kappa shape index (κ2) is 11.1. The van der Waals surface area contributed by atoms with E-state index in [0.717, 1.165) is 6.42 Å². The van der Waals surface area contributed by atoms with E-state index in [4.69, 9.17) is 0 Å². The molecule has 0 fully saturated rings. The molecule has 1 aliphatic rings. The van der Waals surface area contributed by atoms with Crippen LogP contribution < -0.4 is 24.8 Å². The van der Waals surface area contributed by atoms with Crippen molar-refractivity contribution in [1.82, 2.24) is 4.57 Å². The van der Waals surface area contributed by atoms with Crippen molar-refractivity contribution in [2.24, 2.45) is 0 Å². The molecule has 0 spiro atoms. The summed E-state index contributed by atoms with van der Waals surface area (Å²) in [7, 11) is 1.26. The number of halogens is 2. The van der Waals surface area contributed by atoms with Crippen molar-refractivity contribution >= 4 is 19.0 Å². The van der Waals surface area contributed by atoms with E-state index in [0.29, 0.717) is 0 Å². The third-order valence-electron chi connectivity index (χ3n) is 2.99. The number of hydrogen-bond acceptors (Lipinski definition) is 0. The van der Waals surface area contributed by atoms with Gasteiger partial charge in [-0.3, -0.25) is 6.08 Å². The molecule has 4 rings (SSSR count). The van der Waals surface area contributed by atoms with Crippen LogP contribution in [0, 0.1) is 6.08 Å². The van der Waals surface area contributed by atoms with E-state index >= 15 is 0 Å². The van der Waals surface area contributed by atoms with Gasteiger partial charge in [0.05, 0.1) is 0 Å². The Balaban J connectivity index is 0.000000482. The van der Waals surface area contributed by atoms with Crippen LogP contribution in [0.3, 0.4) is 0 Å². The standard InChI is InChI=1S/C12H9NP.C5H5.2ClH.Hf/c1-2-4-11-8-12(7-10(11)3-1)13-5-6-14-9-13;1-2-4-5-3-1;;;/h1-9H;1-3H,4H2;2*1H;/q2*-1;;;+4/p-2. The Morgan fingerprint density at radius 1 is 1.18 bits per heavy atom. The maximum absolute atomic E-state index is 2.99. The van der Waals surface area contributed by atoms with E-state index in [1.54, 1.807) is 0 Å². The molecule has 22 heavy (non-hydrogen) atoms. The number of aromatic nitrogens is 1. The average Bonchev–Trinajstić information content (AvgIpc) is 3.20. The molecule has 0 saturated heterocycles. The maximum atomic E-state index is 2.99. The Hall–Kier alpha value is -0.530. The van der Waals surface area contributed by atoms with Crippen molar-refractivity contribution in [2.45, 2.75) is 6.42 Å². The van der Waals surface area contributed by atoms with Crippen molar-refractivity contribution in [3.63, 3.8) is 0 Å². The molecule has 5 heteroatoms. The van der Waals surface area contributed by atoms with Crippen LogP contribution in [-0.4, -0.2) is 4.57 Å². The summed E-state index contributed by atoms with van der Waals surface area (Å²) in [4.78, 5) is 0. The number of allylic oxidation sites excluding steroid dienone is 4. The molecule has 0 N–H and O–H groups in total. The zero-order chi connectivity index (χ0) is 12.9. The van der Waals surface area contributed by atoms with E-state index in [-0.39, 0.29) is 50.7 Å². The minimum atomic E-state index is 0. The molecular formula is C17H14Cl2HfNP. The van der Waals surface area contributed by atoms with Crippen molar-refractivity contribution < 1.29 is 50.7 Å². The number of rotatable bonds is 1. The third-order valence-corrected chi connectivity index (χ3v) is 3.68. The van der Waals surface area contributed by atoms with Gasteiger partial charge in [0, 0.05) is 12.1 Å². The quantitative estimate of drug-likeness (QED) is 0.299. The molecule has 110 valence electrons. The molecule has 0 saturated carbocycles. The Kier molecular flexibility index (Phi) is 10.8. The summed E-state index contributed by atoms with van der Waals surface area (Å²) >= 11 is 0. The van der Waals surface area contributed by atoms with Gasteiger partial charge in [0.1, 0.15) is 0 Å². The topological polar surface area (TPSA) is 4.93 Å². The van der Waals surface area contributed by atoms with E-state index < -0.39 is 0 Å². The largest absolute Gasteiger partial charge is 4.00 e. The second-order valence-electron chi connectivity index (χ2n) is 4.32. The molecule has 0 amide bonds. The van der Waals surface area contributed by atoms with Crippen LogP contribution in [0.2, 0.25) is 0 Å². The molecule has 1 heterocycles.